The zero-order valence-corrected chi connectivity index (χ0v) is 9.34. The van der Waals surface area contributed by atoms with Crippen LogP contribution in [0.15, 0.2) is 0 Å². The minimum absolute atomic E-state index is 0.116. The minimum atomic E-state index is -6.06. The maximum atomic E-state index is 13.1. The van der Waals surface area contributed by atoms with Crippen LogP contribution in [0.2, 0.25) is 0 Å². The van der Waals surface area contributed by atoms with Gasteiger partial charge >= 0.3 is 18.5 Å². The summed E-state index contributed by atoms with van der Waals surface area (Å²) in [5.41, 5.74) is -4.37. The maximum Gasteiger partial charge on any atom is 0.428 e. The van der Waals surface area contributed by atoms with Gasteiger partial charge in [-0.1, -0.05) is 0 Å². The fourth-order valence-electron chi connectivity index (χ4n) is 0.827. The van der Waals surface area contributed by atoms with E-state index in [1.54, 1.807) is 0 Å². The fourth-order valence-corrected chi connectivity index (χ4v) is 0.827. The SMILES string of the molecule is CC(OC(F)(F)C(F)C(F)(F)F)C(C)(F)C(F)(F)F. The average molecular weight is 310 g/mol. The molecule has 0 N–H and O–H groups in total. The van der Waals surface area contributed by atoms with Gasteiger partial charge in [0.05, 0.1) is 0 Å². The van der Waals surface area contributed by atoms with E-state index in [0.717, 1.165) is 0 Å². The van der Waals surface area contributed by atoms with Gasteiger partial charge < -0.3 is 4.74 Å². The molecule has 0 spiro atoms. The molecule has 0 aliphatic carbocycles. The van der Waals surface area contributed by atoms with Gasteiger partial charge in [0.1, 0.15) is 6.10 Å². The van der Waals surface area contributed by atoms with E-state index in [-0.39, 0.29) is 13.8 Å². The second kappa shape index (κ2) is 4.98. The monoisotopic (exact) mass is 310 g/mol. The maximum absolute atomic E-state index is 13.1. The zero-order valence-electron chi connectivity index (χ0n) is 9.34. The predicted octanol–water partition coefficient (Wildman–Crippen LogP) is 4.18. The van der Waals surface area contributed by atoms with Crippen LogP contribution in [0.5, 0.6) is 0 Å². The number of ether oxygens (including phenoxy) is 1. The van der Waals surface area contributed by atoms with E-state index in [9.17, 15) is 43.9 Å². The van der Waals surface area contributed by atoms with Crippen molar-refractivity contribution >= 4 is 0 Å². The molecule has 0 aromatic rings. The number of hydrogen-bond acceptors (Lipinski definition) is 1. The van der Waals surface area contributed by atoms with Crippen LogP contribution >= 0.6 is 0 Å². The van der Waals surface area contributed by atoms with Gasteiger partial charge in [0.2, 0.25) is 5.67 Å². The summed E-state index contributed by atoms with van der Waals surface area (Å²) in [6.45, 7) is -0.0981. The Morgan fingerprint density at radius 3 is 1.47 bits per heavy atom. The third kappa shape index (κ3) is 4.11. The van der Waals surface area contributed by atoms with E-state index in [1.165, 1.54) is 0 Å². The van der Waals surface area contributed by atoms with Crippen molar-refractivity contribution in [2.24, 2.45) is 0 Å². The van der Waals surface area contributed by atoms with Gasteiger partial charge in [-0.2, -0.15) is 35.1 Å². The highest BCUT2D eigenvalue weighted by atomic mass is 19.4. The molecule has 0 aromatic heterocycles. The van der Waals surface area contributed by atoms with Gasteiger partial charge in [-0.15, -0.1) is 0 Å². The Labute approximate surface area is 100 Å². The van der Waals surface area contributed by atoms with E-state index < -0.39 is 36.4 Å². The van der Waals surface area contributed by atoms with Gasteiger partial charge in [-0.3, -0.25) is 0 Å². The Morgan fingerprint density at radius 2 is 1.21 bits per heavy atom. The Morgan fingerprint density at radius 1 is 0.842 bits per heavy atom. The molecule has 0 rings (SSSR count). The fraction of sp³-hybridized carbons (Fsp3) is 1.00. The summed E-state index contributed by atoms with van der Waals surface area (Å²) >= 11 is 0. The van der Waals surface area contributed by atoms with E-state index >= 15 is 0 Å². The average Bonchev–Trinajstić information content (AvgIpc) is 2.12. The molecule has 0 radical (unpaired) electrons. The second-order valence-corrected chi connectivity index (χ2v) is 3.80. The lowest BCUT2D eigenvalue weighted by atomic mass is 10.0. The van der Waals surface area contributed by atoms with Crippen molar-refractivity contribution in [1.29, 1.82) is 0 Å². The summed E-state index contributed by atoms with van der Waals surface area (Å²) < 4.78 is 125. The summed E-state index contributed by atoms with van der Waals surface area (Å²) in [5, 5.41) is 0. The van der Waals surface area contributed by atoms with Gasteiger partial charge in [0.15, 0.2) is 0 Å². The summed E-state index contributed by atoms with van der Waals surface area (Å²) in [5.74, 6) is 0. The molecule has 0 amide bonds. The lowest BCUT2D eigenvalue weighted by Gasteiger charge is -2.33. The van der Waals surface area contributed by atoms with Crippen molar-refractivity contribution in [3.05, 3.63) is 0 Å². The Hall–Kier alpha value is -0.740. The number of alkyl halides is 10. The second-order valence-electron chi connectivity index (χ2n) is 3.80. The van der Waals surface area contributed by atoms with E-state index in [0.29, 0.717) is 0 Å². The topological polar surface area (TPSA) is 9.23 Å². The molecule has 0 bridgehead atoms. The first-order valence-electron chi connectivity index (χ1n) is 4.55. The van der Waals surface area contributed by atoms with Gasteiger partial charge in [-0.25, -0.2) is 8.78 Å². The molecule has 0 saturated heterocycles. The molecule has 19 heavy (non-hydrogen) atoms. The summed E-state index contributed by atoms with van der Waals surface area (Å²) in [6.07, 6.45) is -25.3. The first kappa shape index (κ1) is 18.3. The van der Waals surface area contributed by atoms with Crippen LogP contribution in [0.4, 0.5) is 43.9 Å². The first-order chi connectivity index (χ1) is 8.03. The number of rotatable bonds is 4. The molecule has 0 aromatic carbocycles. The normalized spacial score (nSPS) is 20.8. The number of hydrogen-bond donors (Lipinski definition) is 0. The third-order valence-corrected chi connectivity index (χ3v) is 2.23. The molecule has 0 heterocycles. The van der Waals surface area contributed by atoms with Gasteiger partial charge in [0.25, 0.3) is 6.17 Å². The lowest BCUT2D eigenvalue weighted by molar-refractivity contribution is -0.369. The smallest absolute Gasteiger partial charge is 0.311 e. The standard InChI is InChI=1S/C8H8F10O/c1-3(5(2,10)8(16,17)18)19-7(14,15)4(9)6(11,12)13/h3-4H,1-2H3. The van der Waals surface area contributed by atoms with Crippen molar-refractivity contribution in [1.82, 2.24) is 0 Å². The minimum Gasteiger partial charge on any atom is -0.311 e. The van der Waals surface area contributed by atoms with Crippen molar-refractivity contribution in [2.75, 3.05) is 0 Å². The zero-order chi connectivity index (χ0) is 15.9. The van der Waals surface area contributed by atoms with E-state index in [2.05, 4.69) is 4.74 Å². The summed E-state index contributed by atoms with van der Waals surface area (Å²) in [7, 11) is 0. The third-order valence-electron chi connectivity index (χ3n) is 2.23. The summed E-state index contributed by atoms with van der Waals surface area (Å²) in [6, 6.07) is 0. The van der Waals surface area contributed by atoms with Crippen LogP contribution in [0.25, 0.3) is 0 Å². The molecule has 116 valence electrons. The highest BCUT2D eigenvalue weighted by molar-refractivity contribution is 4.90. The highest BCUT2D eigenvalue weighted by Crippen LogP contribution is 2.42. The molecule has 3 unspecified atom stereocenters. The molecule has 1 nitrogen and oxygen atoms in total. The predicted molar refractivity (Wildman–Crippen MR) is 42.0 cm³/mol. The van der Waals surface area contributed by atoms with Crippen LogP contribution in [0, 0.1) is 0 Å². The van der Waals surface area contributed by atoms with Crippen molar-refractivity contribution in [3.8, 4) is 0 Å². The van der Waals surface area contributed by atoms with Crippen LogP contribution in [-0.4, -0.2) is 36.4 Å². The van der Waals surface area contributed by atoms with Gasteiger partial charge in [0, 0.05) is 0 Å². The quantitative estimate of drug-likeness (QED) is 0.708. The van der Waals surface area contributed by atoms with Crippen molar-refractivity contribution in [3.63, 3.8) is 0 Å². The van der Waals surface area contributed by atoms with Gasteiger partial charge in [-0.05, 0) is 13.8 Å². The van der Waals surface area contributed by atoms with Crippen molar-refractivity contribution in [2.45, 2.75) is 50.3 Å². The van der Waals surface area contributed by atoms with Crippen molar-refractivity contribution < 1.29 is 48.6 Å². The molecule has 0 saturated carbocycles. The lowest BCUT2D eigenvalue weighted by Crippen LogP contribution is -2.53. The highest BCUT2D eigenvalue weighted by Gasteiger charge is 2.63. The van der Waals surface area contributed by atoms with Crippen LogP contribution in [0.3, 0.4) is 0 Å². The Bertz CT molecular complexity index is 304. The Balaban J connectivity index is 5.05. The molecule has 3 atom stereocenters. The van der Waals surface area contributed by atoms with E-state index in [1.807, 2.05) is 0 Å². The molecular formula is C8H8F10O. The Kier molecular flexibility index (Phi) is 4.79. The molecule has 0 aliphatic rings. The van der Waals surface area contributed by atoms with Crippen LogP contribution < -0.4 is 0 Å². The summed E-state index contributed by atoms with van der Waals surface area (Å²) in [4.78, 5) is 0. The van der Waals surface area contributed by atoms with Crippen LogP contribution in [0.1, 0.15) is 13.8 Å². The largest absolute Gasteiger partial charge is 0.428 e. The van der Waals surface area contributed by atoms with Crippen LogP contribution in [-0.2, 0) is 4.74 Å². The molecule has 11 heteroatoms. The first-order valence-corrected chi connectivity index (χ1v) is 4.55. The van der Waals surface area contributed by atoms with E-state index in [4.69, 9.17) is 0 Å². The number of halogens is 10. The molecule has 0 aliphatic heterocycles. The molecule has 0 fully saturated rings. The molecular weight excluding hydrogens is 302 g/mol.